The number of phenols is 1. The number of aromatic hydroxyl groups is 1. The molecular weight excluding hydrogens is 305 g/mol. The third-order valence-corrected chi connectivity index (χ3v) is 3.18. The molecule has 1 aromatic carbocycles. The smallest absolute Gasteiger partial charge is 0.257 e. The van der Waals surface area contributed by atoms with Crippen LogP contribution < -0.4 is 0 Å². The number of halogens is 2. The molecule has 1 aromatic rings. The molecule has 0 fully saturated rings. The molecule has 0 aliphatic carbocycles. The topological polar surface area (TPSA) is 40.5 Å². The monoisotopic (exact) mass is 319 g/mol. The highest BCUT2D eigenvalue weighted by Gasteiger charge is 2.17. The fourth-order valence-corrected chi connectivity index (χ4v) is 1.98. The first-order valence-corrected chi connectivity index (χ1v) is 6.76. The van der Waals surface area contributed by atoms with Crippen molar-refractivity contribution in [2.75, 3.05) is 19.0 Å². The number of alkyl halides is 1. The Hall–Kier alpha value is -0.740. The van der Waals surface area contributed by atoms with Crippen LogP contribution in [0.2, 0.25) is 0 Å². The van der Waals surface area contributed by atoms with E-state index in [1.807, 2.05) is 6.92 Å². The Morgan fingerprint density at radius 2 is 2.24 bits per heavy atom. The lowest BCUT2D eigenvalue weighted by Crippen LogP contribution is -2.32. The summed E-state index contributed by atoms with van der Waals surface area (Å²) < 4.78 is 0.746. The molecule has 0 aromatic heterocycles. The maximum atomic E-state index is 12.1. The first-order chi connectivity index (χ1) is 8.10. The fourth-order valence-electron chi connectivity index (χ4n) is 1.51. The predicted octanol–water partition coefficient (Wildman–Crippen LogP) is 3.25. The quantitative estimate of drug-likeness (QED) is 0.846. The van der Waals surface area contributed by atoms with Gasteiger partial charge in [-0.3, -0.25) is 4.79 Å². The minimum absolute atomic E-state index is 0.00583. The number of carbonyl (C=O) groups excluding carboxylic acids is 1. The lowest BCUT2D eigenvalue weighted by Gasteiger charge is -2.20. The second kappa shape index (κ2) is 6.87. The Morgan fingerprint density at radius 3 is 2.76 bits per heavy atom. The van der Waals surface area contributed by atoms with Gasteiger partial charge in [0.1, 0.15) is 5.75 Å². The molecule has 0 spiro atoms. The van der Waals surface area contributed by atoms with Gasteiger partial charge in [-0.2, -0.15) is 0 Å². The molecule has 0 saturated heterocycles. The van der Waals surface area contributed by atoms with E-state index in [2.05, 4.69) is 15.9 Å². The van der Waals surface area contributed by atoms with Crippen LogP contribution in [0.3, 0.4) is 0 Å². The highest BCUT2D eigenvalue weighted by molar-refractivity contribution is 9.10. The summed E-state index contributed by atoms with van der Waals surface area (Å²) in [4.78, 5) is 13.8. The van der Waals surface area contributed by atoms with E-state index in [1.54, 1.807) is 17.0 Å². The molecule has 1 N–H and O–H groups in total. The van der Waals surface area contributed by atoms with Crippen LogP contribution in [0.25, 0.3) is 0 Å². The lowest BCUT2D eigenvalue weighted by atomic mass is 10.1. The lowest BCUT2D eigenvalue weighted by molar-refractivity contribution is 0.0762. The van der Waals surface area contributed by atoms with Gasteiger partial charge in [0.2, 0.25) is 0 Å². The normalized spacial score (nSPS) is 10.3. The zero-order chi connectivity index (χ0) is 12.8. The van der Waals surface area contributed by atoms with Gasteiger partial charge in [-0.15, -0.1) is 11.6 Å². The van der Waals surface area contributed by atoms with Gasteiger partial charge >= 0.3 is 0 Å². The van der Waals surface area contributed by atoms with Gasteiger partial charge in [0.15, 0.2) is 0 Å². The van der Waals surface area contributed by atoms with Crippen molar-refractivity contribution in [1.29, 1.82) is 0 Å². The minimum atomic E-state index is -0.164. The SMILES string of the molecule is CCN(CCCCl)C(=O)c1ccc(Br)cc1O. The first-order valence-electron chi connectivity index (χ1n) is 5.44. The molecule has 0 unspecified atom stereocenters. The van der Waals surface area contributed by atoms with Crippen molar-refractivity contribution in [2.24, 2.45) is 0 Å². The van der Waals surface area contributed by atoms with E-state index in [0.717, 1.165) is 10.9 Å². The summed E-state index contributed by atoms with van der Waals surface area (Å²) in [6.07, 6.45) is 0.748. The Kier molecular flexibility index (Phi) is 5.78. The summed E-state index contributed by atoms with van der Waals surface area (Å²) in [5.41, 5.74) is 0.324. The number of phenolic OH excluding ortho intramolecular Hbond substituents is 1. The summed E-state index contributed by atoms with van der Waals surface area (Å²) in [6, 6.07) is 4.87. The number of amides is 1. The largest absolute Gasteiger partial charge is 0.507 e. The molecule has 0 bridgehead atoms. The van der Waals surface area contributed by atoms with Crippen molar-refractivity contribution in [3.63, 3.8) is 0 Å². The summed E-state index contributed by atoms with van der Waals surface area (Å²) in [5.74, 6) is 0.354. The van der Waals surface area contributed by atoms with E-state index in [4.69, 9.17) is 11.6 Å². The van der Waals surface area contributed by atoms with Crippen molar-refractivity contribution in [3.05, 3.63) is 28.2 Å². The summed E-state index contributed by atoms with van der Waals surface area (Å²) in [7, 11) is 0. The Labute approximate surface area is 115 Å². The zero-order valence-electron chi connectivity index (χ0n) is 9.62. The molecule has 0 atom stereocenters. The Morgan fingerprint density at radius 1 is 1.53 bits per heavy atom. The molecule has 0 aliphatic heterocycles. The van der Waals surface area contributed by atoms with Gasteiger partial charge in [0.05, 0.1) is 5.56 Å². The van der Waals surface area contributed by atoms with Gasteiger partial charge in [-0.1, -0.05) is 15.9 Å². The Balaban J connectivity index is 2.86. The van der Waals surface area contributed by atoms with Crippen molar-refractivity contribution in [2.45, 2.75) is 13.3 Å². The van der Waals surface area contributed by atoms with Crippen LogP contribution in [0.15, 0.2) is 22.7 Å². The highest BCUT2D eigenvalue weighted by atomic mass is 79.9. The molecule has 94 valence electrons. The van der Waals surface area contributed by atoms with Crippen molar-refractivity contribution in [3.8, 4) is 5.75 Å². The van der Waals surface area contributed by atoms with Crippen molar-refractivity contribution in [1.82, 2.24) is 4.90 Å². The van der Waals surface area contributed by atoms with Crippen LogP contribution in [-0.4, -0.2) is 34.9 Å². The molecule has 1 rings (SSSR count). The van der Waals surface area contributed by atoms with E-state index in [9.17, 15) is 9.90 Å². The summed E-state index contributed by atoms with van der Waals surface area (Å²) in [6.45, 7) is 3.11. The van der Waals surface area contributed by atoms with E-state index in [0.29, 0.717) is 24.5 Å². The van der Waals surface area contributed by atoms with Crippen LogP contribution in [0.5, 0.6) is 5.75 Å². The fraction of sp³-hybridized carbons (Fsp3) is 0.417. The molecule has 17 heavy (non-hydrogen) atoms. The molecule has 0 aliphatic rings. The third kappa shape index (κ3) is 3.89. The average molecular weight is 321 g/mol. The molecule has 0 saturated carbocycles. The van der Waals surface area contributed by atoms with Crippen LogP contribution >= 0.6 is 27.5 Å². The molecular formula is C12H15BrClNO2. The van der Waals surface area contributed by atoms with E-state index in [1.165, 1.54) is 6.07 Å². The van der Waals surface area contributed by atoms with Gasteiger partial charge < -0.3 is 10.0 Å². The van der Waals surface area contributed by atoms with Crippen LogP contribution in [0, 0.1) is 0 Å². The Bertz CT molecular complexity index is 398. The number of benzene rings is 1. The maximum Gasteiger partial charge on any atom is 0.257 e. The van der Waals surface area contributed by atoms with Crippen LogP contribution in [0.1, 0.15) is 23.7 Å². The van der Waals surface area contributed by atoms with Gasteiger partial charge in [0, 0.05) is 23.4 Å². The number of hydrogen-bond acceptors (Lipinski definition) is 2. The average Bonchev–Trinajstić information content (AvgIpc) is 2.29. The number of nitrogens with zero attached hydrogens (tertiary/aromatic N) is 1. The van der Waals surface area contributed by atoms with E-state index < -0.39 is 0 Å². The summed E-state index contributed by atoms with van der Waals surface area (Å²) in [5, 5.41) is 9.73. The molecule has 5 heteroatoms. The zero-order valence-corrected chi connectivity index (χ0v) is 12.0. The molecule has 1 amide bonds. The minimum Gasteiger partial charge on any atom is -0.507 e. The van der Waals surface area contributed by atoms with Crippen LogP contribution in [-0.2, 0) is 0 Å². The van der Waals surface area contributed by atoms with Crippen molar-refractivity contribution >= 4 is 33.4 Å². The molecule has 0 heterocycles. The highest BCUT2D eigenvalue weighted by Crippen LogP contribution is 2.23. The van der Waals surface area contributed by atoms with Gasteiger partial charge in [0.25, 0.3) is 5.91 Å². The maximum absolute atomic E-state index is 12.1. The first kappa shape index (κ1) is 14.3. The molecule has 0 radical (unpaired) electrons. The second-order valence-electron chi connectivity index (χ2n) is 3.59. The van der Waals surface area contributed by atoms with Crippen LogP contribution in [0.4, 0.5) is 0 Å². The number of hydrogen-bond donors (Lipinski definition) is 1. The molecule has 3 nitrogen and oxygen atoms in total. The summed E-state index contributed by atoms with van der Waals surface area (Å²) >= 11 is 8.85. The predicted molar refractivity (Wildman–Crippen MR) is 72.7 cm³/mol. The number of rotatable bonds is 5. The standard InChI is InChI=1S/C12H15BrClNO2/c1-2-15(7-3-6-14)12(17)10-5-4-9(13)8-11(10)16/h4-5,8,16H,2-3,6-7H2,1H3. The third-order valence-electron chi connectivity index (χ3n) is 2.42. The van der Waals surface area contributed by atoms with Gasteiger partial charge in [-0.25, -0.2) is 0 Å². The van der Waals surface area contributed by atoms with E-state index >= 15 is 0 Å². The van der Waals surface area contributed by atoms with Gasteiger partial charge in [-0.05, 0) is 31.5 Å². The second-order valence-corrected chi connectivity index (χ2v) is 4.88. The van der Waals surface area contributed by atoms with E-state index in [-0.39, 0.29) is 11.7 Å². The van der Waals surface area contributed by atoms with Crippen molar-refractivity contribution < 1.29 is 9.90 Å². The number of carbonyl (C=O) groups is 1.